The summed E-state index contributed by atoms with van der Waals surface area (Å²) in [5.74, 6) is 3.38. The largest absolute Gasteiger partial charge is 0.356 e. The Kier molecular flexibility index (Phi) is 5.93. The molecule has 5 heteroatoms. The van der Waals surface area contributed by atoms with Gasteiger partial charge < -0.3 is 5.32 Å². The Morgan fingerprint density at radius 3 is 2.48 bits per heavy atom. The Bertz CT molecular complexity index is 843. The van der Waals surface area contributed by atoms with Crippen LogP contribution >= 0.6 is 0 Å². The van der Waals surface area contributed by atoms with Crippen molar-refractivity contribution in [1.29, 1.82) is 0 Å². The van der Waals surface area contributed by atoms with Crippen molar-refractivity contribution in [3.05, 3.63) is 42.2 Å². The number of pyridine rings is 1. The van der Waals surface area contributed by atoms with Gasteiger partial charge in [-0.05, 0) is 61.6 Å². The molecule has 1 N–H and O–H groups in total. The smallest absolute Gasteiger partial charge is 0.223 e. The van der Waals surface area contributed by atoms with Crippen LogP contribution in [0.1, 0.15) is 76.2 Å². The van der Waals surface area contributed by atoms with Gasteiger partial charge in [0.1, 0.15) is 5.82 Å². The third-order valence-corrected chi connectivity index (χ3v) is 6.59. The van der Waals surface area contributed by atoms with Crippen LogP contribution in [-0.2, 0) is 4.79 Å². The van der Waals surface area contributed by atoms with Crippen molar-refractivity contribution >= 4 is 5.91 Å². The highest BCUT2D eigenvalue weighted by molar-refractivity contribution is 5.81. The number of carbonyl (C=O) groups is 1. The second kappa shape index (κ2) is 8.60. The molecule has 29 heavy (non-hydrogen) atoms. The van der Waals surface area contributed by atoms with Crippen LogP contribution in [0.25, 0.3) is 11.1 Å². The van der Waals surface area contributed by atoms with Crippen LogP contribution in [0.15, 0.2) is 30.7 Å². The van der Waals surface area contributed by atoms with Crippen molar-refractivity contribution in [3.8, 4) is 11.1 Å². The van der Waals surface area contributed by atoms with Crippen molar-refractivity contribution in [2.45, 2.75) is 64.7 Å². The van der Waals surface area contributed by atoms with Crippen molar-refractivity contribution in [2.75, 3.05) is 6.54 Å². The molecule has 2 fully saturated rings. The second-order valence-corrected chi connectivity index (χ2v) is 9.20. The summed E-state index contributed by atoms with van der Waals surface area (Å²) in [4.78, 5) is 25.9. The maximum Gasteiger partial charge on any atom is 0.223 e. The van der Waals surface area contributed by atoms with Crippen molar-refractivity contribution in [3.63, 3.8) is 0 Å². The van der Waals surface area contributed by atoms with Crippen LogP contribution < -0.4 is 5.32 Å². The summed E-state index contributed by atoms with van der Waals surface area (Å²) in [5.41, 5.74) is 3.46. The maximum atomic E-state index is 12.1. The minimum atomic E-state index is 0.261. The number of rotatable bonds is 6. The SMILES string of the molecule is CC(C)c1ncc(-c2ccncc2)c(C2CCC(CNC(=O)[C@@H]3C[C@H]3C)CC2)n1. The fourth-order valence-electron chi connectivity index (χ4n) is 4.46. The van der Waals surface area contributed by atoms with Gasteiger partial charge in [-0.15, -0.1) is 0 Å². The van der Waals surface area contributed by atoms with Gasteiger partial charge in [-0.25, -0.2) is 9.97 Å². The quantitative estimate of drug-likeness (QED) is 0.773. The summed E-state index contributed by atoms with van der Waals surface area (Å²) in [6.07, 6.45) is 11.2. The number of nitrogens with zero attached hydrogens (tertiary/aromatic N) is 3. The lowest BCUT2D eigenvalue weighted by molar-refractivity contribution is -0.122. The molecule has 2 aliphatic carbocycles. The average Bonchev–Trinajstić information content (AvgIpc) is 3.49. The lowest BCUT2D eigenvalue weighted by Crippen LogP contribution is -2.32. The van der Waals surface area contributed by atoms with Gasteiger partial charge >= 0.3 is 0 Å². The zero-order valence-electron chi connectivity index (χ0n) is 17.8. The highest BCUT2D eigenvalue weighted by atomic mass is 16.2. The van der Waals surface area contributed by atoms with Gasteiger partial charge in [0.15, 0.2) is 0 Å². The highest BCUT2D eigenvalue weighted by Crippen LogP contribution is 2.40. The Labute approximate surface area is 173 Å². The Morgan fingerprint density at radius 1 is 1.17 bits per heavy atom. The molecule has 0 aromatic carbocycles. The predicted octanol–water partition coefficient (Wildman–Crippen LogP) is 4.71. The van der Waals surface area contributed by atoms with E-state index in [0.717, 1.165) is 55.6 Å². The normalized spacial score (nSPS) is 26.3. The topological polar surface area (TPSA) is 67.8 Å². The average molecular weight is 393 g/mol. The Hall–Kier alpha value is -2.30. The molecule has 154 valence electrons. The second-order valence-electron chi connectivity index (χ2n) is 9.20. The van der Waals surface area contributed by atoms with E-state index in [1.54, 1.807) is 0 Å². The number of aromatic nitrogens is 3. The Balaban J connectivity index is 1.44. The van der Waals surface area contributed by atoms with Crippen molar-refractivity contribution in [1.82, 2.24) is 20.3 Å². The first-order chi connectivity index (χ1) is 14.0. The molecular formula is C24H32N4O. The zero-order valence-corrected chi connectivity index (χ0v) is 17.8. The van der Waals surface area contributed by atoms with Crippen LogP contribution in [0.3, 0.4) is 0 Å². The minimum Gasteiger partial charge on any atom is -0.356 e. The van der Waals surface area contributed by atoms with Gasteiger partial charge in [-0.2, -0.15) is 0 Å². The fraction of sp³-hybridized carbons (Fsp3) is 0.583. The highest BCUT2D eigenvalue weighted by Gasteiger charge is 2.39. The van der Waals surface area contributed by atoms with E-state index in [9.17, 15) is 4.79 Å². The monoisotopic (exact) mass is 392 g/mol. The molecule has 2 aromatic rings. The molecule has 4 rings (SSSR count). The number of nitrogens with one attached hydrogen (secondary N) is 1. The molecule has 2 heterocycles. The summed E-state index contributed by atoms with van der Waals surface area (Å²) in [6, 6.07) is 4.08. The van der Waals surface area contributed by atoms with E-state index in [-0.39, 0.29) is 11.8 Å². The first-order valence-electron chi connectivity index (χ1n) is 11.1. The molecule has 1 amide bonds. The molecular weight excluding hydrogens is 360 g/mol. The molecule has 2 aliphatic rings. The summed E-state index contributed by atoms with van der Waals surface area (Å²) < 4.78 is 0. The van der Waals surface area contributed by atoms with Crippen LogP contribution in [0.4, 0.5) is 0 Å². The molecule has 0 bridgehead atoms. The van der Waals surface area contributed by atoms with E-state index in [0.29, 0.717) is 23.7 Å². The van der Waals surface area contributed by atoms with Crippen LogP contribution in [0, 0.1) is 17.8 Å². The third-order valence-electron chi connectivity index (χ3n) is 6.59. The Morgan fingerprint density at radius 2 is 1.86 bits per heavy atom. The number of hydrogen-bond donors (Lipinski definition) is 1. The minimum absolute atomic E-state index is 0.261. The van der Waals surface area contributed by atoms with Crippen LogP contribution in [-0.4, -0.2) is 27.4 Å². The maximum absolute atomic E-state index is 12.1. The molecule has 0 spiro atoms. The molecule has 5 nitrogen and oxygen atoms in total. The summed E-state index contributed by atoms with van der Waals surface area (Å²) >= 11 is 0. The lowest BCUT2D eigenvalue weighted by Gasteiger charge is -2.29. The number of carbonyl (C=O) groups excluding carboxylic acids is 1. The van der Waals surface area contributed by atoms with Crippen molar-refractivity contribution in [2.24, 2.45) is 17.8 Å². The third kappa shape index (κ3) is 4.65. The molecule has 0 saturated heterocycles. The zero-order chi connectivity index (χ0) is 20.4. The van der Waals surface area contributed by atoms with E-state index >= 15 is 0 Å². The summed E-state index contributed by atoms with van der Waals surface area (Å²) in [6.45, 7) is 7.27. The molecule has 0 aliphatic heterocycles. The van der Waals surface area contributed by atoms with E-state index in [2.05, 4.69) is 36.1 Å². The summed E-state index contributed by atoms with van der Waals surface area (Å²) in [5, 5.41) is 3.19. The van der Waals surface area contributed by atoms with Gasteiger partial charge in [0, 0.05) is 48.5 Å². The molecule has 0 unspecified atom stereocenters. The summed E-state index contributed by atoms with van der Waals surface area (Å²) in [7, 11) is 0. The first kappa shape index (κ1) is 20.0. The molecule has 2 aromatic heterocycles. The molecule has 2 saturated carbocycles. The van der Waals surface area contributed by atoms with Gasteiger partial charge in [0.25, 0.3) is 0 Å². The fourth-order valence-corrected chi connectivity index (χ4v) is 4.46. The van der Waals surface area contributed by atoms with Crippen molar-refractivity contribution < 1.29 is 4.79 Å². The predicted molar refractivity (Wildman–Crippen MR) is 114 cm³/mol. The van der Waals surface area contributed by atoms with E-state index in [1.807, 2.05) is 30.7 Å². The molecule has 0 radical (unpaired) electrons. The number of amides is 1. The van der Waals surface area contributed by atoms with Gasteiger partial charge in [-0.1, -0.05) is 20.8 Å². The van der Waals surface area contributed by atoms with Gasteiger partial charge in [0.05, 0.1) is 5.69 Å². The van der Waals surface area contributed by atoms with Gasteiger partial charge in [-0.3, -0.25) is 9.78 Å². The van der Waals surface area contributed by atoms with E-state index in [4.69, 9.17) is 4.98 Å². The number of hydrogen-bond acceptors (Lipinski definition) is 4. The van der Waals surface area contributed by atoms with E-state index in [1.165, 1.54) is 5.69 Å². The first-order valence-corrected chi connectivity index (χ1v) is 11.1. The standard InChI is InChI=1S/C24H32N4O/c1-15(2)23-26-14-21(18-8-10-25-11-9-18)22(28-23)19-6-4-17(5-7-19)13-27-24(29)20-12-16(20)3/h8-11,14-17,19-20H,4-7,12-13H2,1-3H3,(H,27,29)/t16-,17?,19?,20-/m1/s1. The molecule has 2 atom stereocenters. The van der Waals surface area contributed by atoms with Crippen LogP contribution in [0.2, 0.25) is 0 Å². The van der Waals surface area contributed by atoms with E-state index < -0.39 is 0 Å². The van der Waals surface area contributed by atoms with Gasteiger partial charge in [0.2, 0.25) is 5.91 Å². The lowest BCUT2D eigenvalue weighted by atomic mass is 9.79. The van der Waals surface area contributed by atoms with Crippen LogP contribution in [0.5, 0.6) is 0 Å².